The Bertz CT molecular complexity index is 360. The van der Waals surface area contributed by atoms with E-state index >= 15 is 0 Å². The molecule has 1 saturated heterocycles. The molecule has 2 rings (SSSR count). The average Bonchev–Trinajstić information content (AvgIpc) is 2.46. The second-order valence-electron chi connectivity index (χ2n) is 5.06. The van der Waals surface area contributed by atoms with Crippen molar-refractivity contribution >= 4 is 5.95 Å². The van der Waals surface area contributed by atoms with E-state index in [9.17, 15) is 0 Å². The fourth-order valence-electron chi connectivity index (χ4n) is 2.49. The van der Waals surface area contributed by atoms with Crippen LogP contribution in [0.4, 0.5) is 5.95 Å². The van der Waals surface area contributed by atoms with Gasteiger partial charge in [0.25, 0.3) is 0 Å². The highest BCUT2D eigenvalue weighted by Gasteiger charge is 2.22. The predicted molar refractivity (Wildman–Crippen MR) is 76.4 cm³/mol. The first-order chi connectivity index (χ1) is 9.29. The van der Waals surface area contributed by atoms with Crippen LogP contribution in [0.5, 0.6) is 0 Å². The Hall–Kier alpha value is -1.20. The second-order valence-corrected chi connectivity index (χ2v) is 5.06. The van der Waals surface area contributed by atoms with Gasteiger partial charge in [-0.05, 0) is 32.8 Å². The van der Waals surface area contributed by atoms with Crippen molar-refractivity contribution in [2.24, 2.45) is 0 Å². The van der Waals surface area contributed by atoms with Gasteiger partial charge in [0.15, 0.2) is 0 Å². The van der Waals surface area contributed by atoms with E-state index in [1.165, 1.54) is 12.8 Å². The van der Waals surface area contributed by atoms with E-state index in [0.29, 0.717) is 12.1 Å². The zero-order valence-electron chi connectivity index (χ0n) is 11.9. The molecule has 5 nitrogen and oxygen atoms in total. The lowest BCUT2D eigenvalue weighted by Gasteiger charge is -2.34. The SMILES string of the molecule is CCOCC(C)NC1CCCN(c2ncccn2)C1. The maximum Gasteiger partial charge on any atom is 0.225 e. The van der Waals surface area contributed by atoms with Gasteiger partial charge in [0.2, 0.25) is 5.95 Å². The van der Waals surface area contributed by atoms with Crippen molar-refractivity contribution < 1.29 is 4.74 Å². The Morgan fingerprint density at radius 3 is 3.00 bits per heavy atom. The number of hydrogen-bond acceptors (Lipinski definition) is 5. The number of nitrogens with zero attached hydrogens (tertiary/aromatic N) is 3. The Kier molecular flexibility index (Phi) is 5.54. The lowest BCUT2D eigenvalue weighted by molar-refractivity contribution is 0.122. The Labute approximate surface area is 115 Å². The molecule has 0 radical (unpaired) electrons. The number of hydrogen-bond donors (Lipinski definition) is 1. The van der Waals surface area contributed by atoms with Gasteiger partial charge < -0.3 is 15.0 Å². The van der Waals surface area contributed by atoms with Crippen LogP contribution in [0.25, 0.3) is 0 Å². The minimum absolute atomic E-state index is 0.390. The molecular weight excluding hydrogens is 240 g/mol. The van der Waals surface area contributed by atoms with Crippen LogP contribution in [0.2, 0.25) is 0 Å². The molecule has 106 valence electrons. The summed E-state index contributed by atoms with van der Waals surface area (Å²) in [5.74, 6) is 0.839. The summed E-state index contributed by atoms with van der Waals surface area (Å²) in [4.78, 5) is 10.9. The third kappa shape index (κ3) is 4.44. The van der Waals surface area contributed by atoms with Gasteiger partial charge in [0.05, 0.1) is 6.61 Å². The van der Waals surface area contributed by atoms with E-state index in [1.54, 1.807) is 12.4 Å². The monoisotopic (exact) mass is 264 g/mol. The molecule has 2 unspecified atom stereocenters. The van der Waals surface area contributed by atoms with Crippen molar-refractivity contribution in [2.75, 3.05) is 31.2 Å². The second kappa shape index (κ2) is 7.40. The van der Waals surface area contributed by atoms with Crippen LogP contribution < -0.4 is 10.2 Å². The summed E-state index contributed by atoms with van der Waals surface area (Å²) in [6.45, 7) is 7.77. The van der Waals surface area contributed by atoms with Gasteiger partial charge in [-0.3, -0.25) is 0 Å². The first kappa shape index (κ1) is 14.2. The van der Waals surface area contributed by atoms with Crippen LogP contribution in [0, 0.1) is 0 Å². The normalized spacial score (nSPS) is 21.4. The van der Waals surface area contributed by atoms with E-state index in [2.05, 4.69) is 27.1 Å². The number of anilines is 1. The average molecular weight is 264 g/mol. The maximum atomic E-state index is 5.45. The van der Waals surface area contributed by atoms with E-state index < -0.39 is 0 Å². The maximum absolute atomic E-state index is 5.45. The number of rotatable bonds is 6. The van der Waals surface area contributed by atoms with Crippen LogP contribution in [0.15, 0.2) is 18.5 Å². The first-order valence-electron chi connectivity index (χ1n) is 7.15. The van der Waals surface area contributed by atoms with Crippen LogP contribution in [0.1, 0.15) is 26.7 Å². The van der Waals surface area contributed by atoms with Crippen LogP contribution in [-0.2, 0) is 4.74 Å². The highest BCUT2D eigenvalue weighted by molar-refractivity contribution is 5.29. The molecule has 19 heavy (non-hydrogen) atoms. The summed E-state index contributed by atoms with van der Waals surface area (Å²) in [6, 6.07) is 2.74. The molecule has 0 aliphatic carbocycles. The van der Waals surface area contributed by atoms with Crippen molar-refractivity contribution in [3.8, 4) is 0 Å². The summed E-state index contributed by atoms with van der Waals surface area (Å²) in [6.07, 6.45) is 5.99. The summed E-state index contributed by atoms with van der Waals surface area (Å²) in [5, 5.41) is 3.63. The lowest BCUT2D eigenvalue weighted by Crippen LogP contribution is -2.50. The highest BCUT2D eigenvalue weighted by Crippen LogP contribution is 2.15. The summed E-state index contributed by atoms with van der Waals surface area (Å²) >= 11 is 0. The predicted octanol–water partition coefficient (Wildman–Crippen LogP) is 1.46. The third-order valence-electron chi connectivity index (χ3n) is 3.35. The number of piperidine rings is 1. The Morgan fingerprint density at radius 1 is 1.47 bits per heavy atom. The molecule has 1 fully saturated rings. The third-order valence-corrected chi connectivity index (χ3v) is 3.35. The number of ether oxygens (including phenoxy) is 1. The molecular formula is C14H24N4O. The van der Waals surface area contributed by atoms with Crippen molar-refractivity contribution in [3.63, 3.8) is 0 Å². The molecule has 0 aromatic carbocycles. The van der Waals surface area contributed by atoms with Crippen LogP contribution >= 0.6 is 0 Å². The number of nitrogens with one attached hydrogen (secondary N) is 1. The molecule has 0 saturated carbocycles. The topological polar surface area (TPSA) is 50.3 Å². The summed E-state index contributed by atoms with van der Waals surface area (Å²) in [7, 11) is 0. The van der Waals surface area contributed by atoms with Crippen molar-refractivity contribution in [2.45, 2.75) is 38.8 Å². The number of aromatic nitrogens is 2. The molecule has 0 bridgehead atoms. The Morgan fingerprint density at radius 2 is 2.26 bits per heavy atom. The molecule has 5 heteroatoms. The van der Waals surface area contributed by atoms with Crippen LogP contribution in [0.3, 0.4) is 0 Å². The van der Waals surface area contributed by atoms with Gasteiger partial charge in [-0.15, -0.1) is 0 Å². The van der Waals surface area contributed by atoms with Gasteiger partial charge in [-0.1, -0.05) is 0 Å². The van der Waals surface area contributed by atoms with Gasteiger partial charge in [0, 0.05) is 44.2 Å². The molecule has 2 heterocycles. The standard InChI is InChI=1S/C14H24N4O/c1-3-19-11-12(2)17-13-6-4-9-18(10-13)14-15-7-5-8-16-14/h5,7-8,12-13,17H,3-4,6,9-11H2,1-2H3. The molecule has 1 aromatic heterocycles. The molecule has 1 aromatic rings. The lowest BCUT2D eigenvalue weighted by atomic mass is 10.1. The van der Waals surface area contributed by atoms with E-state index in [-0.39, 0.29) is 0 Å². The zero-order chi connectivity index (χ0) is 13.5. The quantitative estimate of drug-likeness (QED) is 0.843. The zero-order valence-corrected chi connectivity index (χ0v) is 11.9. The van der Waals surface area contributed by atoms with E-state index in [1.807, 2.05) is 13.0 Å². The van der Waals surface area contributed by atoms with Gasteiger partial charge in [-0.2, -0.15) is 0 Å². The molecule has 1 aliphatic rings. The fraction of sp³-hybridized carbons (Fsp3) is 0.714. The van der Waals surface area contributed by atoms with Crippen molar-refractivity contribution in [3.05, 3.63) is 18.5 Å². The molecule has 1 aliphatic heterocycles. The van der Waals surface area contributed by atoms with Crippen LogP contribution in [-0.4, -0.2) is 48.4 Å². The summed E-state index contributed by atoms with van der Waals surface area (Å²) in [5.41, 5.74) is 0. The molecule has 2 atom stereocenters. The van der Waals surface area contributed by atoms with Gasteiger partial charge in [-0.25, -0.2) is 9.97 Å². The molecule has 1 N–H and O–H groups in total. The highest BCUT2D eigenvalue weighted by atomic mass is 16.5. The van der Waals surface area contributed by atoms with Crippen molar-refractivity contribution in [1.29, 1.82) is 0 Å². The minimum atomic E-state index is 0.390. The largest absolute Gasteiger partial charge is 0.380 e. The van der Waals surface area contributed by atoms with Gasteiger partial charge in [0.1, 0.15) is 0 Å². The van der Waals surface area contributed by atoms with E-state index in [4.69, 9.17) is 4.74 Å². The van der Waals surface area contributed by atoms with Crippen molar-refractivity contribution in [1.82, 2.24) is 15.3 Å². The van der Waals surface area contributed by atoms with E-state index in [0.717, 1.165) is 32.3 Å². The Balaban J connectivity index is 1.84. The molecule has 0 amide bonds. The fourth-order valence-corrected chi connectivity index (χ4v) is 2.49. The molecule has 0 spiro atoms. The van der Waals surface area contributed by atoms with Gasteiger partial charge >= 0.3 is 0 Å². The summed E-state index contributed by atoms with van der Waals surface area (Å²) < 4.78 is 5.45. The first-order valence-corrected chi connectivity index (χ1v) is 7.15. The minimum Gasteiger partial charge on any atom is -0.380 e. The smallest absolute Gasteiger partial charge is 0.225 e.